The fourth-order valence-corrected chi connectivity index (χ4v) is 5.34. The number of halogens is 3. The summed E-state index contributed by atoms with van der Waals surface area (Å²) in [5.74, 6) is -1.59. The van der Waals surface area contributed by atoms with E-state index in [9.17, 15) is 17.6 Å². The quantitative estimate of drug-likeness (QED) is 0.510. The number of rotatable bonds is 6. The fraction of sp³-hybridized carbons (Fsp3) is 0.208. The SMILES string of the molecule is Cl.O=C(Nc1ccccc1Cl)c1cc(S(=O)(=O)N2CCN(Cc3ccccc3)CC2)ccc1F. The van der Waals surface area contributed by atoms with Crippen molar-refractivity contribution in [3.05, 3.63) is 94.8 Å². The predicted molar refractivity (Wildman–Crippen MR) is 134 cm³/mol. The molecule has 1 amide bonds. The van der Waals surface area contributed by atoms with E-state index in [0.29, 0.717) is 36.9 Å². The maximum absolute atomic E-state index is 14.4. The molecule has 0 atom stereocenters. The molecule has 0 unspecified atom stereocenters. The minimum absolute atomic E-state index is 0. The Labute approximate surface area is 209 Å². The zero-order valence-corrected chi connectivity index (χ0v) is 20.5. The Balaban J connectivity index is 0.00000324. The van der Waals surface area contributed by atoms with Crippen molar-refractivity contribution in [2.75, 3.05) is 31.5 Å². The number of carbonyl (C=O) groups excluding carboxylic acids is 1. The highest BCUT2D eigenvalue weighted by molar-refractivity contribution is 7.89. The minimum Gasteiger partial charge on any atom is -0.321 e. The van der Waals surface area contributed by atoms with E-state index in [0.717, 1.165) is 18.7 Å². The molecule has 0 saturated carbocycles. The molecule has 0 aromatic heterocycles. The Bertz CT molecular complexity index is 1250. The van der Waals surface area contributed by atoms with Crippen molar-refractivity contribution in [3.8, 4) is 0 Å². The van der Waals surface area contributed by atoms with Crippen LogP contribution in [0.1, 0.15) is 15.9 Å². The van der Waals surface area contributed by atoms with Gasteiger partial charge < -0.3 is 5.32 Å². The second-order valence-electron chi connectivity index (χ2n) is 7.74. The van der Waals surface area contributed by atoms with Crippen LogP contribution < -0.4 is 5.32 Å². The van der Waals surface area contributed by atoms with Crippen LogP contribution in [0.4, 0.5) is 10.1 Å². The van der Waals surface area contributed by atoms with Crippen molar-refractivity contribution in [1.29, 1.82) is 0 Å². The number of para-hydroxylation sites is 1. The number of sulfonamides is 1. The molecule has 3 aromatic rings. The van der Waals surface area contributed by atoms with Crippen molar-refractivity contribution >= 4 is 45.6 Å². The average molecular weight is 524 g/mol. The third-order valence-electron chi connectivity index (χ3n) is 5.52. The molecule has 1 fully saturated rings. The van der Waals surface area contributed by atoms with Gasteiger partial charge in [-0.15, -0.1) is 12.4 Å². The molecule has 1 aliphatic rings. The summed E-state index contributed by atoms with van der Waals surface area (Å²) in [7, 11) is -3.88. The highest BCUT2D eigenvalue weighted by atomic mass is 35.5. The molecule has 0 aliphatic carbocycles. The normalized spacial score (nSPS) is 14.9. The Hall–Kier alpha value is -2.49. The number of amides is 1. The van der Waals surface area contributed by atoms with Gasteiger partial charge >= 0.3 is 0 Å². The van der Waals surface area contributed by atoms with Crippen LogP contribution in [0.15, 0.2) is 77.7 Å². The van der Waals surface area contributed by atoms with Gasteiger partial charge in [0, 0.05) is 32.7 Å². The summed E-state index contributed by atoms with van der Waals surface area (Å²) in [4.78, 5) is 14.7. The highest BCUT2D eigenvalue weighted by Crippen LogP contribution is 2.24. The van der Waals surface area contributed by atoms with Crippen molar-refractivity contribution < 1.29 is 17.6 Å². The molecule has 1 saturated heterocycles. The first-order chi connectivity index (χ1) is 15.8. The maximum Gasteiger partial charge on any atom is 0.258 e. The van der Waals surface area contributed by atoms with Gasteiger partial charge in [0.15, 0.2) is 0 Å². The molecule has 1 heterocycles. The lowest BCUT2D eigenvalue weighted by molar-refractivity contribution is 0.102. The van der Waals surface area contributed by atoms with Crippen LogP contribution >= 0.6 is 24.0 Å². The summed E-state index contributed by atoms with van der Waals surface area (Å²) in [6.07, 6.45) is 0. The van der Waals surface area contributed by atoms with Crippen LogP contribution in [0.2, 0.25) is 5.02 Å². The van der Waals surface area contributed by atoms with E-state index >= 15 is 0 Å². The summed E-state index contributed by atoms with van der Waals surface area (Å²) < 4.78 is 42.1. The smallest absolute Gasteiger partial charge is 0.258 e. The van der Waals surface area contributed by atoms with E-state index in [4.69, 9.17) is 11.6 Å². The van der Waals surface area contributed by atoms with E-state index in [2.05, 4.69) is 10.2 Å². The number of carbonyl (C=O) groups is 1. The van der Waals surface area contributed by atoms with Gasteiger partial charge in [-0.25, -0.2) is 12.8 Å². The van der Waals surface area contributed by atoms with Crippen LogP contribution in [0.25, 0.3) is 0 Å². The minimum atomic E-state index is -3.88. The molecule has 4 rings (SSSR count). The summed E-state index contributed by atoms with van der Waals surface area (Å²) in [5.41, 5.74) is 1.12. The maximum atomic E-state index is 14.4. The zero-order chi connectivity index (χ0) is 23.4. The molecular weight excluding hydrogens is 500 g/mol. The number of anilines is 1. The summed E-state index contributed by atoms with van der Waals surface area (Å²) in [6, 6.07) is 19.8. The lowest BCUT2D eigenvalue weighted by Crippen LogP contribution is -2.48. The number of nitrogens with zero attached hydrogens (tertiary/aromatic N) is 2. The van der Waals surface area contributed by atoms with Crippen LogP contribution in [-0.2, 0) is 16.6 Å². The first-order valence-corrected chi connectivity index (χ1v) is 12.3. The molecule has 0 bridgehead atoms. The molecule has 180 valence electrons. The van der Waals surface area contributed by atoms with Crippen molar-refractivity contribution in [1.82, 2.24) is 9.21 Å². The van der Waals surface area contributed by atoms with E-state index in [1.807, 2.05) is 30.3 Å². The third-order valence-corrected chi connectivity index (χ3v) is 7.75. The number of nitrogens with one attached hydrogen (secondary N) is 1. The van der Waals surface area contributed by atoms with Crippen molar-refractivity contribution in [2.24, 2.45) is 0 Å². The molecule has 1 aliphatic heterocycles. The van der Waals surface area contributed by atoms with Gasteiger partial charge in [-0.3, -0.25) is 9.69 Å². The third kappa shape index (κ3) is 5.95. The highest BCUT2D eigenvalue weighted by Gasteiger charge is 2.29. The topological polar surface area (TPSA) is 69.7 Å². The van der Waals surface area contributed by atoms with Gasteiger partial charge in [0.1, 0.15) is 5.82 Å². The van der Waals surface area contributed by atoms with Gasteiger partial charge in [-0.05, 0) is 35.9 Å². The fourth-order valence-electron chi connectivity index (χ4n) is 3.71. The van der Waals surface area contributed by atoms with Gasteiger partial charge in [-0.1, -0.05) is 54.1 Å². The van der Waals surface area contributed by atoms with Crippen molar-refractivity contribution in [2.45, 2.75) is 11.4 Å². The van der Waals surface area contributed by atoms with Gasteiger partial charge in [-0.2, -0.15) is 4.31 Å². The lowest BCUT2D eigenvalue weighted by atomic mass is 10.2. The average Bonchev–Trinajstić information content (AvgIpc) is 2.82. The van der Waals surface area contributed by atoms with Gasteiger partial charge in [0.2, 0.25) is 10.0 Å². The second kappa shape index (κ2) is 11.3. The Morgan fingerprint density at radius 1 is 0.941 bits per heavy atom. The van der Waals surface area contributed by atoms with Crippen LogP contribution in [0.5, 0.6) is 0 Å². The van der Waals surface area contributed by atoms with Crippen LogP contribution in [0, 0.1) is 5.82 Å². The van der Waals surface area contributed by atoms with Crippen molar-refractivity contribution in [3.63, 3.8) is 0 Å². The van der Waals surface area contributed by atoms with Gasteiger partial charge in [0.25, 0.3) is 5.91 Å². The summed E-state index contributed by atoms with van der Waals surface area (Å²) >= 11 is 6.05. The van der Waals surface area contributed by atoms with E-state index in [1.165, 1.54) is 15.9 Å². The molecule has 10 heteroatoms. The van der Waals surface area contributed by atoms with E-state index in [1.54, 1.807) is 24.3 Å². The monoisotopic (exact) mass is 523 g/mol. The number of hydrogen-bond acceptors (Lipinski definition) is 4. The number of hydrogen-bond donors (Lipinski definition) is 1. The first kappa shape index (κ1) is 26.1. The Kier molecular flexibility index (Phi) is 8.67. The first-order valence-electron chi connectivity index (χ1n) is 10.5. The molecule has 6 nitrogen and oxygen atoms in total. The molecule has 1 N–H and O–H groups in total. The lowest BCUT2D eigenvalue weighted by Gasteiger charge is -2.34. The summed E-state index contributed by atoms with van der Waals surface area (Å²) in [6.45, 7) is 2.53. The number of benzene rings is 3. The predicted octanol–water partition coefficient (Wildman–Crippen LogP) is 4.66. The second-order valence-corrected chi connectivity index (χ2v) is 10.1. The van der Waals surface area contributed by atoms with Crippen LogP contribution in [-0.4, -0.2) is 49.7 Å². The van der Waals surface area contributed by atoms with Crippen LogP contribution in [0.3, 0.4) is 0 Å². The Morgan fingerprint density at radius 2 is 1.59 bits per heavy atom. The molecule has 3 aromatic carbocycles. The standard InChI is InChI=1S/C24H23ClFN3O3S.ClH/c25-21-8-4-5-9-23(21)27-24(30)20-16-19(10-11-22(20)26)33(31,32)29-14-12-28(13-15-29)17-18-6-2-1-3-7-18;/h1-11,16H,12-15,17H2,(H,27,30);1H. The largest absolute Gasteiger partial charge is 0.321 e. The zero-order valence-electron chi connectivity index (χ0n) is 18.2. The van der Waals surface area contributed by atoms with E-state index in [-0.39, 0.29) is 22.9 Å². The van der Waals surface area contributed by atoms with Gasteiger partial charge in [0.05, 0.1) is 21.2 Å². The van der Waals surface area contributed by atoms with E-state index < -0.39 is 21.7 Å². The molecule has 0 spiro atoms. The number of piperazine rings is 1. The molecular formula is C24H24Cl2FN3O3S. The summed E-state index contributed by atoms with van der Waals surface area (Å²) in [5, 5.41) is 2.82. The molecule has 34 heavy (non-hydrogen) atoms. The molecule has 0 radical (unpaired) electrons. The Morgan fingerprint density at radius 3 is 2.26 bits per heavy atom.